The van der Waals surface area contributed by atoms with Gasteiger partial charge in [-0.1, -0.05) is 47.5 Å². The van der Waals surface area contributed by atoms with Gasteiger partial charge in [-0.05, 0) is 23.8 Å². The number of para-hydroxylation sites is 2. The second kappa shape index (κ2) is 21.3. The van der Waals surface area contributed by atoms with Crippen LogP contribution in [0.3, 0.4) is 0 Å². The third-order valence-electron chi connectivity index (χ3n) is 5.42. The molecule has 41 heavy (non-hydrogen) atoms. The van der Waals surface area contributed by atoms with E-state index in [2.05, 4.69) is 10.6 Å². The summed E-state index contributed by atoms with van der Waals surface area (Å²) in [4.78, 5) is 24.5. The van der Waals surface area contributed by atoms with Crippen molar-refractivity contribution < 1.29 is 38.0 Å². The second-order valence-corrected chi connectivity index (χ2v) is 9.39. The van der Waals surface area contributed by atoms with Gasteiger partial charge in [0.25, 0.3) is 0 Å². The van der Waals surface area contributed by atoms with Crippen LogP contribution in [0.4, 0.5) is 11.4 Å². The van der Waals surface area contributed by atoms with Crippen LogP contribution in [0.5, 0.6) is 0 Å². The number of benzene rings is 2. The summed E-state index contributed by atoms with van der Waals surface area (Å²) in [7, 11) is 1.62. The number of carbonyl (C=O) groups is 2. The lowest BCUT2D eigenvalue weighted by molar-refractivity contribution is -0.143. The van der Waals surface area contributed by atoms with Crippen molar-refractivity contribution in [2.24, 2.45) is 5.73 Å². The lowest BCUT2D eigenvalue weighted by Gasteiger charge is -2.15. The molecule has 0 aromatic heterocycles. The highest BCUT2D eigenvalue weighted by Crippen LogP contribution is 2.33. The predicted octanol–water partition coefficient (Wildman–Crippen LogP) is 2.98. The van der Waals surface area contributed by atoms with Crippen LogP contribution in [0.15, 0.2) is 42.5 Å². The monoisotopic (exact) mass is 615 g/mol. The van der Waals surface area contributed by atoms with Gasteiger partial charge in [0.2, 0.25) is 5.91 Å². The Balaban J connectivity index is 1.54. The van der Waals surface area contributed by atoms with Crippen molar-refractivity contribution in [2.45, 2.75) is 12.5 Å². The Morgan fingerprint density at radius 2 is 1.39 bits per heavy atom. The van der Waals surface area contributed by atoms with Gasteiger partial charge in [-0.3, -0.25) is 9.59 Å². The largest absolute Gasteiger partial charge is 0.464 e. The number of rotatable bonds is 22. The van der Waals surface area contributed by atoms with Gasteiger partial charge in [0, 0.05) is 12.8 Å². The fourth-order valence-electron chi connectivity index (χ4n) is 3.31. The number of methoxy groups -OCH3 is 1. The van der Waals surface area contributed by atoms with Crippen LogP contribution >= 0.6 is 23.2 Å². The molecule has 0 aliphatic rings. The van der Waals surface area contributed by atoms with Gasteiger partial charge in [-0.25, -0.2) is 0 Å². The number of nitrogens with one attached hydrogen (secondary N) is 2. The average molecular weight is 617 g/mol. The molecule has 0 aliphatic heterocycles. The fraction of sp³-hybridized carbons (Fsp3) is 0.500. The van der Waals surface area contributed by atoms with Crippen molar-refractivity contribution in [3.63, 3.8) is 0 Å². The number of carbonyl (C=O) groups excluding carboxylic acids is 2. The molecule has 1 amide bonds. The summed E-state index contributed by atoms with van der Waals surface area (Å²) in [5.74, 6) is -0.860. The Kier molecular flexibility index (Phi) is 18.0. The molecule has 0 unspecified atom stereocenters. The zero-order chi connectivity index (χ0) is 29.7. The minimum Gasteiger partial charge on any atom is -0.464 e. The van der Waals surface area contributed by atoms with Gasteiger partial charge >= 0.3 is 5.97 Å². The van der Waals surface area contributed by atoms with Crippen molar-refractivity contribution in [3.05, 3.63) is 58.1 Å². The zero-order valence-electron chi connectivity index (χ0n) is 23.2. The molecule has 2 aromatic carbocycles. The molecule has 1 atom stereocenters. The second-order valence-electron chi connectivity index (χ2n) is 8.58. The Hall–Kier alpha value is -2.48. The third-order valence-corrected chi connectivity index (χ3v) is 6.05. The van der Waals surface area contributed by atoms with E-state index in [1.54, 1.807) is 31.4 Å². The molecular formula is C28H39Cl2N3O8. The first-order chi connectivity index (χ1) is 19.9. The van der Waals surface area contributed by atoms with Crippen LogP contribution in [0, 0.1) is 0 Å². The zero-order valence-corrected chi connectivity index (χ0v) is 24.7. The highest BCUT2D eigenvalue weighted by atomic mass is 35.5. The number of ether oxygens (including phenoxy) is 6. The smallest absolute Gasteiger partial charge is 0.310 e. The Bertz CT molecular complexity index is 1030. The molecule has 0 radical (unpaired) electrons. The molecule has 11 nitrogen and oxygen atoms in total. The molecule has 0 saturated carbocycles. The molecule has 0 fully saturated rings. The first kappa shape index (κ1) is 34.7. The van der Waals surface area contributed by atoms with E-state index in [1.165, 1.54) is 0 Å². The van der Waals surface area contributed by atoms with E-state index in [4.69, 9.17) is 57.4 Å². The van der Waals surface area contributed by atoms with E-state index in [0.717, 1.165) is 0 Å². The van der Waals surface area contributed by atoms with Gasteiger partial charge in [-0.2, -0.15) is 0 Å². The summed E-state index contributed by atoms with van der Waals surface area (Å²) in [6.45, 7) is 3.74. The number of hydrogen-bond donors (Lipinski definition) is 3. The van der Waals surface area contributed by atoms with Gasteiger partial charge in [0.05, 0.1) is 88.2 Å². The van der Waals surface area contributed by atoms with Crippen LogP contribution in [0.1, 0.15) is 5.56 Å². The van der Waals surface area contributed by atoms with Crippen molar-refractivity contribution in [3.8, 4) is 0 Å². The highest BCUT2D eigenvalue weighted by Gasteiger charge is 2.15. The minimum atomic E-state index is -0.860. The first-order valence-electron chi connectivity index (χ1n) is 13.2. The van der Waals surface area contributed by atoms with E-state index in [-0.39, 0.29) is 32.8 Å². The topological polar surface area (TPSA) is 140 Å². The molecule has 0 aliphatic carbocycles. The summed E-state index contributed by atoms with van der Waals surface area (Å²) in [5, 5.41) is 6.72. The van der Waals surface area contributed by atoms with Gasteiger partial charge in [0.15, 0.2) is 0 Å². The van der Waals surface area contributed by atoms with Gasteiger partial charge in [0.1, 0.15) is 12.6 Å². The summed E-state index contributed by atoms with van der Waals surface area (Å²) in [6, 6.07) is 11.6. The molecule has 2 rings (SSSR count). The normalized spacial score (nSPS) is 11.7. The summed E-state index contributed by atoms with van der Waals surface area (Å²) < 4.78 is 31.6. The fourth-order valence-corrected chi connectivity index (χ4v) is 3.80. The van der Waals surface area contributed by atoms with E-state index in [0.29, 0.717) is 73.2 Å². The number of hydrogen-bond acceptors (Lipinski definition) is 10. The van der Waals surface area contributed by atoms with Crippen LogP contribution in [0.25, 0.3) is 0 Å². The minimum absolute atomic E-state index is 0.000715. The lowest BCUT2D eigenvalue weighted by Crippen LogP contribution is -2.44. The van der Waals surface area contributed by atoms with Gasteiger partial charge in [-0.15, -0.1) is 0 Å². The maximum atomic E-state index is 12.4. The number of esters is 1. The van der Waals surface area contributed by atoms with E-state index in [1.807, 2.05) is 18.2 Å². The van der Waals surface area contributed by atoms with Crippen LogP contribution in [-0.2, 0) is 44.4 Å². The third kappa shape index (κ3) is 14.8. The van der Waals surface area contributed by atoms with E-state index >= 15 is 0 Å². The Morgan fingerprint density at radius 1 is 0.805 bits per heavy atom. The summed E-state index contributed by atoms with van der Waals surface area (Å²) in [5.41, 5.74) is 7.78. The Labute approximate surface area is 250 Å². The highest BCUT2D eigenvalue weighted by molar-refractivity contribution is 6.39. The quantitative estimate of drug-likeness (QED) is 0.134. The summed E-state index contributed by atoms with van der Waals surface area (Å²) in [6.07, 6.45) is 0.0179. The molecule has 0 saturated heterocycles. The molecule has 4 N–H and O–H groups in total. The van der Waals surface area contributed by atoms with E-state index < -0.39 is 17.9 Å². The van der Waals surface area contributed by atoms with Crippen molar-refractivity contribution in [1.29, 1.82) is 0 Å². The molecule has 228 valence electrons. The molecule has 0 bridgehead atoms. The van der Waals surface area contributed by atoms with Crippen LogP contribution < -0.4 is 16.4 Å². The maximum Gasteiger partial charge on any atom is 0.310 e. The number of halogens is 2. The van der Waals surface area contributed by atoms with Crippen molar-refractivity contribution in [2.75, 3.05) is 85.0 Å². The molecule has 13 heteroatoms. The van der Waals surface area contributed by atoms with Crippen molar-refractivity contribution >= 4 is 46.5 Å². The molecular weight excluding hydrogens is 577 g/mol. The number of nitrogens with two attached hydrogens (primary N) is 1. The number of anilines is 2. The molecule has 0 heterocycles. The van der Waals surface area contributed by atoms with Crippen molar-refractivity contribution in [1.82, 2.24) is 5.32 Å². The lowest BCUT2D eigenvalue weighted by atomic mass is 10.1. The number of amides is 1. The van der Waals surface area contributed by atoms with Crippen LogP contribution in [-0.4, -0.2) is 97.6 Å². The predicted molar refractivity (Wildman–Crippen MR) is 157 cm³/mol. The average Bonchev–Trinajstić information content (AvgIpc) is 2.96. The summed E-state index contributed by atoms with van der Waals surface area (Å²) >= 11 is 12.5. The van der Waals surface area contributed by atoms with Gasteiger partial charge < -0.3 is 44.8 Å². The molecule has 2 aromatic rings. The Morgan fingerprint density at radius 3 is 2.02 bits per heavy atom. The molecule has 0 spiro atoms. The SMILES string of the molecule is COCCOCCOCCOCCOC[C@H](N)C(=O)NCCOC(=O)Cc1ccccc1Nc1c(Cl)cccc1Cl. The maximum absolute atomic E-state index is 12.4. The van der Waals surface area contributed by atoms with Crippen LogP contribution in [0.2, 0.25) is 10.0 Å². The standard InChI is InChI=1S/C28H39Cl2N3O8/c1-36-11-12-37-13-14-38-15-16-39-17-18-40-20-24(31)28(35)32-9-10-41-26(34)19-21-5-2-3-8-25(21)33-27-22(29)6-4-7-23(27)30/h2-8,24,33H,9-20,31H2,1H3,(H,32,35)/t24-/m0/s1. The van der Waals surface area contributed by atoms with E-state index in [9.17, 15) is 9.59 Å². The first-order valence-corrected chi connectivity index (χ1v) is 14.0.